The third-order valence-electron chi connectivity index (χ3n) is 2.93. The molecule has 0 bridgehead atoms. The highest BCUT2D eigenvalue weighted by atomic mass is 19.1. The maximum Gasteiger partial charge on any atom is 0.123 e. The van der Waals surface area contributed by atoms with E-state index in [-0.39, 0.29) is 5.82 Å². The van der Waals surface area contributed by atoms with E-state index < -0.39 is 0 Å². The van der Waals surface area contributed by atoms with Gasteiger partial charge in [0, 0.05) is 17.4 Å². The van der Waals surface area contributed by atoms with Crippen LogP contribution in [0.25, 0.3) is 10.9 Å². The normalized spacial score (nSPS) is 10.7. The van der Waals surface area contributed by atoms with E-state index in [1.807, 2.05) is 18.2 Å². The number of rotatable bonds is 3. The smallest absolute Gasteiger partial charge is 0.123 e. The molecular weight excluding hydrogens is 227 g/mol. The SMILES string of the molecule is Fc1ccc(CNc2cc3ccccc3[nH]2)cc1. The van der Waals surface area contributed by atoms with Gasteiger partial charge in [0.1, 0.15) is 11.6 Å². The van der Waals surface area contributed by atoms with Crippen LogP contribution in [0.5, 0.6) is 0 Å². The molecule has 2 nitrogen and oxygen atoms in total. The van der Waals surface area contributed by atoms with Gasteiger partial charge in [-0.25, -0.2) is 4.39 Å². The lowest BCUT2D eigenvalue weighted by atomic mass is 10.2. The first-order valence-electron chi connectivity index (χ1n) is 5.87. The summed E-state index contributed by atoms with van der Waals surface area (Å²) in [6.07, 6.45) is 0. The van der Waals surface area contributed by atoms with E-state index in [9.17, 15) is 4.39 Å². The molecule has 1 heterocycles. The summed E-state index contributed by atoms with van der Waals surface area (Å²) in [5.41, 5.74) is 2.16. The zero-order valence-corrected chi connectivity index (χ0v) is 9.78. The van der Waals surface area contributed by atoms with E-state index >= 15 is 0 Å². The van der Waals surface area contributed by atoms with Crippen molar-refractivity contribution in [1.29, 1.82) is 0 Å². The molecule has 3 aromatic rings. The average Bonchev–Trinajstić information content (AvgIpc) is 2.81. The van der Waals surface area contributed by atoms with Gasteiger partial charge in [-0.3, -0.25) is 0 Å². The van der Waals surface area contributed by atoms with Crippen LogP contribution >= 0.6 is 0 Å². The molecule has 0 aliphatic rings. The van der Waals surface area contributed by atoms with Crippen molar-refractivity contribution in [3.8, 4) is 0 Å². The van der Waals surface area contributed by atoms with Crippen molar-refractivity contribution in [2.45, 2.75) is 6.54 Å². The molecule has 1 aromatic heterocycles. The number of aromatic nitrogens is 1. The Morgan fingerprint density at radius 2 is 1.78 bits per heavy atom. The topological polar surface area (TPSA) is 27.8 Å². The lowest BCUT2D eigenvalue weighted by Gasteiger charge is -2.03. The number of aromatic amines is 1. The zero-order chi connectivity index (χ0) is 12.4. The molecule has 0 spiro atoms. The Bertz CT molecular complexity index is 623. The molecule has 0 saturated carbocycles. The predicted octanol–water partition coefficient (Wildman–Crippen LogP) is 3.92. The molecule has 0 unspecified atom stereocenters. The van der Waals surface area contributed by atoms with Gasteiger partial charge in [0.05, 0.1) is 0 Å². The van der Waals surface area contributed by atoms with Gasteiger partial charge >= 0.3 is 0 Å². The van der Waals surface area contributed by atoms with Crippen molar-refractivity contribution in [2.24, 2.45) is 0 Å². The van der Waals surface area contributed by atoms with E-state index in [1.54, 1.807) is 12.1 Å². The molecule has 0 aliphatic carbocycles. The van der Waals surface area contributed by atoms with E-state index in [0.29, 0.717) is 6.54 Å². The lowest BCUT2D eigenvalue weighted by Crippen LogP contribution is -1.99. The van der Waals surface area contributed by atoms with Gasteiger partial charge in [-0.1, -0.05) is 30.3 Å². The number of anilines is 1. The second-order valence-corrected chi connectivity index (χ2v) is 4.25. The van der Waals surface area contributed by atoms with Gasteiger partial charge < -0.3 is 10.3 Å². The molecule has 3 rings (SSSR count). The molecule has 0 amide bonds. The summed E-state index contributed by atoms with van der Waals surface area (Å²) in [6, 6.07) is 16.7. The highest BCUT2D eigenvalue weighted by Gasteiger charge is 1.99. The Balaban J connectivity index is 1.74. The Morgan fingerprint density at radius 1 is 1.00 bits per heavy atom. The third kappa shape index (κ3) is 2.20. The molecule has 3 heteroatoms. The van der Waals surface area contributed by atoms with Gasteiger partial charge in [0.25, 0.3) is 0 Å². The van der Waals surface area contributed by atoms with E-state index in [0.717, 1.165) is 16.9 Å². The van der Waals surface area contributed by atoms with Crippen LogP contribution in [0.4, 0.5) is 10.2 Å². The summed E-state index contributed by atoms with van der Waals surface area (Å²) in [6.45, 7) is 0.674. The predicted molar refractivity (Wildman–Crippen MR) is 72.0 cm³/mol. The zero-order valence-electron chi connectivity index (χ0n) is 9.78. The third-order valence-corrected chi connectivity index (χ3v) is 2.93. The number of nitrogens with one attached hydrogen (secondary N) is 2. The van der Waals surface area contributed by atoms with E-state index in [1.165, 1.54) is 17.5 Å². The minimum absolute atomic E-state index is 0.204. The van der Waals surface area contributed by atoms with Gasteiger partial charge in [-0.05, 0) is 29.8 Å². The maximum atomic E-state index is 12.8. The largest absolute Gasteiger partial charge is 0.368 e. The Hall–Kier alpha value is -2.29. The molecule has 0 radical (unpaired) electrons. The molecule has 2 N–H and O–H groups in total. The second-order valence-electron chi connectivity index (χ2n) is 4.25. The molecule has 90 valence electrons. The van der Waals surface area contributed by atoms with Crippen LogP contribution in [0.1, 0.15) is 5.56 Å². The number of halogens is 1. The number of hydrogen-bond donors (Lipinski definition) is 2. The Labute approximate surface area is 104 Å². The molecule has 0 aliphatic heterocycles. The molecule has 2 aromatic carbocycles. The molecule has 0 fully saturated rings. The number of benzene rings is 2. The average molecular weight is 240 g/mol. The first-order chi connectivity index (χ1) is 8.81. The van der Waals surface area contributed by atoms with Crippen LogP contribution in [0.3, 0.4) is 0 Å². The summed E-state index contributed by atoms with van der Waals surface area (Å²) in [5.74, 6) is 0.768. The van der Waals surface area contributed by atoms with Gasteiger partial charge in [-0.15, -0.1) is 0 Å². The van der Waals surface area contributed by atoms with Crippen molar-refractivity contribution < 1.29 is 4.39 Å². The van der Waals surface area contributed by atoms with Gasteiger partial charge in [0.2, 0.25) is 0 Å². The van der Waals surface area contributed by atoms with Gasteiger partial charge in [0.15, 0.2) is 0 Å². The fraction of sp³-hybridized carbons (Fsp3) is 0.0667. The van der Waals surface area contributed by atoms with Crippen LogP contribution in [-0.4, -0.2) is 4.98 Å². The Kier molecular flexibility index (Phi) is 2.73. The number of H-pyrrole nitrogens is 1. The van der Waals surface area contributed by atoms with Crippen LogP contribution in [0.2, 0.25) is 0 Å². The minimum Gasteiger partial charge on any atom is -0.368 e. The maximum absolute atomic E-state index is 12.8. The monoisotopic (exact) mass is 240 g/mol. The Morgan fingerprint density at radius 3 is 2.56 bits per heavy atom. The molecular formula is C15H13FN2. The van der Waals surface area contributed by atoms with Crippen LogP contribution < -0.4 is 5.32 Å². The van der Waals surface area contributed by atoms with Crippen LogP contribution in [-0.2, 0) is 6.54 Å². The van der Waals surface area contributed by atoms with Crippen molar-refractivity contribution in [3.05, 3.63) is 66.0 Å². The van der Waals surface area contributed by atoms with E-state index in [4.69, 9.17) is 0 Å². The second kappa shape index (κ2) is 4.53. The summed E-state index contributed by atoms with van der Waals surface area (Å²) in [7, 11) is 0. The molecule has 18 heavy (non-hydrogen) atoms. The highest BCUT2D eigenvalue weighted by Crippen LogP contribution is 2.18. The highest BCUT2D eigenvalue weighted by molar-refractivity contribution is 5.83. The minimum atomic E-state index is -0.204. The summed E-state index contributed by atoms with van der Waals surface area (Å²) in [4.78, 5) is 3.29. The lowest BCUT2D eigenvalue weighted by molar-refractivity contribution is 0.627. The summed E-state index contributed by atoms with van der Waals surface area (Å²) >= 11 is 0. The standard InChI is InChI=1S/C15H13FN2/c16-13-7-5-11(6-8-13)10-17-15-9-12-3-1-2-4-14(12)18-15/h1-9,17-18H,10H2. The molecule has 0 atom stereocenters. The number of fused-ring (bicyclic) bond motifs is 1. The first-order valence-corrected chi connectivity index (χ1v) is 5.87. The van der Waals surface area contributed by atoms with Gasteiger partial charge in [-0.2, -0.15) is 0 Å². The quantitative estimate of drug-likeness (QED) is 0.713. The van der Waals surface area contributed by atoms with Crippen molar-refractivity contribution >= 4 is 16.7 Å². The number of para-hydroxylation sites is 1. The summed E-state index contributed by atoms with van der Waals surface area (Å²) in [5, 5.41) is 4.47. The fourth-order valence-corrected chi connectivity index (χ4v) is 1.97. The fourth-order valence-electron chi connectivity index (χ4n) is 1.97. The number of hydrogen-bond acceptors (Lipinski definition) is 1. The van der Waals surface area contributed by atoms with Crippen molar-refractivity contribution in [2.75, 3.05) is 5.32 Å². The van der Waals surface area contributed by atoms with E-state index in [2.05, 4.69) is 22.4 Å². The molecule has 0 saturated heterocycles. The van der Waals surface area contributed by atoms with Crippen molar-refractivity contribution in [1.82, 2.24) is 4.98 Å². The van der Waals surface area contributed by atoms with Crippen LogP contribution in [0, 0.1) is 5.82 Å². The van der Waals surface area contributed by atoms with Crippen molar-refractivity contribution in [3.63, 3.8) is 0 Å². The van der Waals surface area contributed by atoms with Crippen LogP contribution in [0.15, 0.2) is 54.6 Å². The summed E-state index contributed by atoms with van der Waals surface area (Å²) < 4.78 is 12.8. The first kappa shape index (κ1) is 10.8.